The number of aromatic nitrogens is 3. The maximum absolute atomic E-state index is 12.3. The van der Waals surface area contributed by atoms with Crippen LogP contribution in [-0.2, 0) is 11.3 Å². The zero-order chi connectivity index (χ0) is 21.0. The summed E-state index contributed by atoms with van der Waals surface area (Å²) >= 11 is 1.28. The molecule has 150 valence electrons. The van der Waals surface area contributed by atoms with Gasteiger partial charge >= 0.3 is 0 Å². The van der Waals surface area contributed by atoms with Gasteiger partial charge in [-0.1, -0.05) is 41.6 Å². The molecule has 0 spiro atoms. The fraction of sp³-hybridized carbons (Fsp3) is 0.250. The Kier molecular flexibility index (Phi) is 6.28. The maximum atomic E-state index is 12.3. The van der Waals surface area contributed by atoms with Gasteiger partial charge in [0, 0.05) is 29.4 Å². The predicted octanol–water partition coefficient (Wildman–Crippen LogP) is 4.22. The molecule has 0 unspecified atom stereocenters. The predicted molar refractivity (Wildman–Crippen MR) is 113 cm³/mol. The van der Waals surface area contributed by atoms with E-state index in [0.29, 0.717) is 23.0 Å². The van der Waals surface area contributed by atoms with Crippen molar-refractivity contribution in [1.29, 1.82) is 0 Å². The van der Waals surface area contributed by atoms with Crippen LogP contribution in [0, 0.1) is 24.0 Å². The minimum absolute atomic E-state index is 0.0241. The molecule has 0 saturated heterocycles. The minimum Gasteiger partial charge on any atom is -0.325 e. The number of thioether (sulfide) groups is 1. The summed E-state index contributed by atoms with van der Waals surface area (Å²) in [5.41, 5.74) is 3.02. The van der Waals surface area contributed by atoms with E-state index in [1.807, 2.05) is 42.7 Å². The Labute approximate surface area is 172 Å². The smallest absolute Gasteiger partial charge is 0.274 e. The number of anilines is 1. The van der Waals surface area contributed by atoms with Crippen LogP contribution in [0.2, 0.25) is 0 Å². The highest BCUT2D eigenvalue weighted by Gasteiger charge is 2.16. The first kappa shape index (κ1) is 20.5. The summed E-state index contributed by atoms with van der Waals surface area (Å²) in [4.78, 5) is 22.9. The molecule has 1 N–H and O–H groups in total. The van der Waals surface area contributed by atoms with E-state index in [1.165, 1.54) is 17.8 Å². The summed E-state index contributed by atoms with van der Waals surface area (Å²) in [5, 5.41) is 22.9. The number of nitrogens with zero attached hydrogens (tertiary/aromatic N) is 4. The summed E-state index contributed by atoms with van der Waals surface area (Å²) in [7, 11) is 0. The lowest BCUT2D eigenvalue weighted by Crippen LogP contribution is -2.15. The number of benzene rings is 2. The first-order valence-electron chi connectivity index (χ1n) is 9.07. The maximum Gasteiger partial charge on any atom is 0.274 e. The van der Waals surface area contributed by atoms with Gasteiger partial charge in [-0.15, -0.1) is 10.2 Å². The minimum atomic E-state index is -0.462. The molecule has 1 aromatic heterocycles. The Balaban J connectivity index is 1.69. The molecule has 0 fully saturated rings. The number of nitro benzene ring substituents is 1. The largest absolute Gasteiger partial charge is 0.325 e. The zero-order valence-corrected chi connectivity index (χ0v) is 17.2. The third-order valence-corrected chi connectivity index (χ3v) is 5.30. The monoisotopic (exact) mass is 411 g/mol. The summed E-state index contributed by atoms with van der Waals surface area (Å²) in [6.07, 6.45) is 0. The second-order valence-electron chi connectivity index (χ2n) is 6.52. The molecule has 1 heterocycles. The van der Waals surface area contributed by atoms with Crippen LogP contribution in [0.25, 0.3) is 11.4 Å². The van der Waals surface area contributed by atoms with Crippen LogP contribution in [0.1, 0.15) is 18.1 Å². The van der Waals surface area contributed by atoms with Gasteiger partial charge in [0.05, 0.1) is 10.7 Å². The fourth-order valence-electron chi connectivity index (χ4n) is 2.89. The average molecular weight is 411 g/mol. The summed E-state index contributed by atoms with van der Waals surface area (Å²) in [6.45, 7) is 6.34. The Morgan fingerprint density at radius 1 is 1.21 bits per heavy atom. The first-order chi connectivity index (χ1) is 13.9. The van der Waals surface area contributed by atoms with Crippen LogP contribution in [0.5, 0.6) is 0 Å². The molecule has 0 aliphatic heterocycles. The number of carbonyl (C=O) groups excluding carboxylic acids is 1. The van der Waals surface area contributed by atoms with E-state index in [-0.39, 0.29) is 17.3 Å². The molecule has 0 radical (unpaired) electrons. The molecular weight excluding hydrogens is 390 g/mol. The Bertz CT molecular complexity index is 1060. The fourth-order valence-corrected chi connectivity index (χ4v) is 3.69. The highest BCUT2D eigenvalue weighted by Crippen LogP contribution is 2.25. The van der Waals surface area contributed by atoms with Crippen molar-refractivity contribution in [2.75, 3.05) is 11.1 Å². The molecule has 8 nitrogen and oxygen atoms in total. The molecular formula is C20H21N5O3S. The van der Waals surface area contributed by atoms with E-state index < -0.39 is 4.92 Å². The number of carbonyl (C=O) groups is 1. The van der Waals surface area contributed by atoms with Crippen molar-refractivity contribution in [3.63, 3.8) is 0 Å². The molecule has 0 bridgehead atoms. The highest BCUT2D eigenvalue weighted by molar-refractivity contribution is 7.99. The lowest BCUT2D eigenvalue weighted by atomic mass is 10.1. The number of rotatable bonds is 7. The molecule has 0 atom stereocenters. The Morgan fingerprint density at radius 2 is 2.00 bits per heavy atom. The molecule has 2 aromatic carbocycles. The molecule has 3 aromatic rings. The number of nitrogens with one attached hydrogen (secondary N) is 1. The van der Waals surface area contributed by atoms with Crippen molar-refractivity contribution in [1.82, 2.24) is 14.8 Å². The van der Waals surface area contributed by atoms with Crippen LogP contribution >= 0.6 is 11.8 Å². The average Bonchev–Trinajstić information content (AvgIpc) is 3.10. The zero-order valence-electron chi connectivity index (χ0n) is 16.4. The molecule has 29 heavy (non-hydrogen) atoms. The van der Waals surface area contributed by atoms with Gasteiger partial charge in [-0.25, -0.2) is 0 Å². The van der Waals surface area contributed by atoms with Gasteiger partial charge in [0.1, 0.15) is 0 Å². The number of nitro groups is 1. The van der Waals surface area contributed by atoms with Gasteiger partial charge < -0.3 is 9.88 Å². The molecule has 3 rings (SSSR count). The van der Waals surface area contributed by atoms with E-state index in [4.69, 9.17) is 0 Å². The molecule has 9 heteroatoms. The standard InChI is InChI=1S/C20H21N5O3S/c1-4-24-19(15-7-5-6-13(2)10-15)22-23-20(24)29-12-18(26)21-16-9-8-14(3)17(11-16)25(27)28/h5-11H,4,12H2,1-3H3,(H,21,26). The van der Waals surface area contributed by atoms with Crippen LogP contribution < -0.4 is 5.32 Å². The number of hydrogen-bond acceptors (Lipinski definition) is 6. The third kappa shape index (κ3) is 4.80. The molecule has 0 saturated carbocycles. The highest BCUT2D eigenvalue weighted by atomic mass is 32.2. The van der Waals surface area contributed by atoms with Crippen LogP contribution in [-0.4, -0.2) is 31.3 Å². The first-order valence-corrected chi connectivity index (χ1v) is 10.1. The SMILES string of the molecule is CCn1c(SCC(=O)Nc2ccc(C)c([N+](=O)[O-])c2)nnc1-c1cccc(C)c1. The van der Waals surface area contributed by atoms with E-state index in [2.05, 4.69) is 15.5 Å². The van der Waals surface area contributed by atoms with Crippen molar-refractivity contribution in [2.45, 2.75) is 32.5 Å². The van der Waals surface area contributed by atoms with Gasteiger partial charge in [0.25, 0.3) is 5.69 Å². The number of amides is 1. The summed E-state index contributed by atoms with van der Waals surface area (Å²) in [5.74, 6) is 0.609. The van der Waals surface area contributed by atoms with Crippen molar-refractivity contribution < 1.29 is 9.72 Å². The second kappa shape index (κ2) is 8.87. The number of hydrogen-bond donors (Lipinski definition) is 1. The number of aryl methyl sites for hydroxylation is 2. The van der Waals surface area contributed by atoms with E-state index in [9.17, 15) is 14.9 Å². The summed E-state index contributed by atoms with van der Waals surface area (Å²) in [6, 6.07) is 12.6. The van der Waals surface area contributed by atoms with Gasteiger partial charge in [-0.3, -0.25) is 14.9 Å². The quantitative estimate of drug-likeness (QED) is 0.355. The van der Waals surface area contributed by atoms with E-state index in [0.717, 1.165) is 17.0 Å². The van der Waals surface area contributed by atoms with Crippen molar-refractivity contribution >= 4 is 29.0 Å². The van der Waals surface area contributed by atoms with Gasteiger partial charge in [-0.2, -0.15) is 0 Å². The third-order valence-electron chi connectivity index (χ3n) is 4.33. The Hall–Kier alpha value is -3.20. The second-order valence-corrected chi connectivity index (χ2v) is 7.46. The van der Waals surface area contributed by atoms with Crippen LogP contribution in [0.15, 0.2) is 47.6 Å². The van der Waals surface area contributed by atoms with Crippen molar-refractivity contribution in [2.24, 2.45) is 0 Å². The topological polar surface area (TPSA) is 103 Å². The van der Waals surface area contributed by atoms with E-state index >= 15 is 0 Å². The molecule has 0 aliphatic carbocycles. The van der Waals surface area contributed by atoms with Crippen molar-refractivity contribution in [3.8, 4) is 11.4 Å². The lowest BCUT2D eigenvalue weighted by molar-refractivity contribution is -0.385. The van der Waals surface area contributed by atoms with E-state index in [1.54, 1.807) is 19.1 Å². The normalized spacial score (nSPS) is 10.7. The van der Waals surface area contributed by atoms with Crippen molar-refractivity contribution in [3.05, 3.63) is 63.7 Å². The van der Waals surface area contributed by atoms with Gasteiger partial charge in [0.15, 0.2) is 11.0 Å². The van der Waals surface area contributed by atoms with Crippen LogP contribution in [0.3, 0.4) is 0 Å². The van der Waals surface area contributed by atoms with Gasteiger partial charge in [-0.05, 0) is 32.9 Å². The summed E-state index contributed by atoms with van der Waals surface area (Å²) < 4.78 is 1.96. The molecule has 1 amide bonds. The van der Waals surface area contributed by atoms with Gasteiger partial charge in [0.2, 0.25) is 5.91 Å². The lowest BCUT2D eigenvalue weighted by Gasteiger charge is -2.08. The molecule has 0 aliphatic rings. The van der Waals surface area contributed by atoms with Crippen LogP contribution in [0.4, 0.5) is 11.4 Å². The Morgan fingerprint density at radius 3 is 2.69 bits per heavy atom.